The predicted molar refractivity (Wildman–Crippen MR) is 149 cm³/mol. The second-order valence-corrected chi connectivity index (χ2v) is 9.50. The molecule has 0 heterocycles. The molecule has 0 unspecified atom stereocenters. The van der Waals surface area contributed by atoms with Crippen LogP contribution in [-0.4, -0.2) is 23.6 Å². The molecule has 0 atom stereocenters. The van der Waals surface area contributed by atoms with Crippen molar-refractivity contribution >= 4 is 34.8 Å². The maximum Gasteiger partial charge on any atom is 0.253 e. The van der Waals surface area contributed by atoms with E-state index in [1.165, 1.54) is 116 Å². The third-order valence-electron chi connectivity index (χ3n) is 5.48. The van der Waals surface area contributed by atoms with Gasteiger partial charge >= 0.3 is 0 Å². The van der Waals surface area contributed by atoms with Crippen LogP contribution in [0, 0.1) is 0 Å². The van der Waals surface area contributed by atoms with Gasteiger partial charge in [0.2, 0.25) is 0 Å². The Hall–Kier alpha value is -0.101. The molecular formula is C26H54CuN2O2S2. The zero-order valence-electron chi connectivity index (χ0n) is 21.6. The van der Waals surface area contributed by atoms with Gasteiger partial charge in [-0.25, -0.2) is 0 Å². The minimum absolute atomic E-state index is 0. The van der Waals surface area contributed by atoms with Crippen LogP contribution in [0.15, 0.2) is 0 Å². The van der Waals surface area contributed by atoms with Crippen molar-refractivity contribution < 1.29 is 26.5 Å². The standard InChI is InChI=1S/2C13H27NOS.Cu/c2*1-2-3-4-5-6-7-8-9-10-11-12-15-13(14)16;/h2*2-12H2,1H3,(H2,14,16);. The van der Waals surface area contributed by atoms with E-state index in [-0.39, 0.29) is 27.4 Å². The van der Waals surface area contributed by atoms with Crippen molar-refractivity contribution in [1.29, 1.82) is 0 Å². The molecule has 4 N–H and O–H groups in total. The van der Waals surface area contributed by atoms with Gasteiger partial charge in [-0.2, -0.15) is 0 Å². The van der Waals surface area contributed by atoms with Gasteiger partial charge in [0.25, 0.3) is 10.3 Å². The number of thiocarbonyl (C=S) groups is 2. The van der Waals surface area contributed by atoms with Crippen LogP contribution in [0.1, 0.15) is 142 Å². The van der Waals surface area contributed by atoms with Crippen LogP contribution in [0.2, 0.25) is 0 Å². The second kappa shape index (κ2) is 34.1. The molecule has 4 nitrogen and oxygen atoms in total. The van der Waals surface area contributed by atoms with Crippen LogP contribution in [0.25, 0.3) is 0 Å². The molecule has 0 aromatic rings. The largest absolute Gasteiger partial charge is 0.471 e. The fraction of sp³-hybridized carbons (Fsp3) is 0.923. The van der Waals surface area contributed by atoms with Crippen molar-refractivity contribution in [2.75, 3.05) is 13.2 Å². The van der Waals surface area contributed by atoms with Crippen molar-refractivity contribution in [1.82, 2.24) is 0 Å². The van der Waals surface area contributed by atoms with E-state index in [0.717, 1.165) is 12.8 Å². The molecule has 0 fully saturated rings. The molecule has 0 aliphatic carbocycles. The molecule has 0 saturated carbocycles. The van der Waals surface area contributed by atoms with Gasteiger partial charge in [0, 0.05) is 17.1 Å². The topological polar surface area (TPSA) is 70.5 Å². The van der Waals surface area contributed by atoms with Crippen LogP contribution in [0.3, 0.4) is 0 Å². The Balaban J connectivity index is -0.000000529. The molecule has 0 aromatic heterocycles. The number of nitrogens with two attached hydrogens (primary N) is 2. The van der Waals surface area contributed by atoms with Gasteiger partial charge in [-0.05, 0) is 37.3 Å². The van der Waals surface area contributed by atoms with E-state index in [1.807, 2.05) is 0 Å². The van der Waals surface area contributed by atoms with Gasteiger partial charge in [0.1, 0.15) is 0 Å². The summed E-state index contributed by atoms with van der Waals surface area (Å²) in [6, 6.07) is 0. The number of rotatable bonds is 22. The van der Waals surface area contributed by atoms with E-state index >= 15 is 0 Å². The average Bonchev–Trinajstić information content (AvgIpc) is 2.76. The monoisotopic (exact) mass is 553 g/mol. The van der Waals surface area contributed by atoms with Crippen molar-refractivity contribution in [3.63, 3.8) is 0 Å². The Morgan fingerprint density at radius 3 is 0.879 bits per heavy atom. The minimum atomic E-state index is 0. The Morgan fingerprint density at radius 2 is 0.667 bits per heavy atom. The first-order chi connectivity index (χ1) is 15.5. The molecule has 0 aliphatic rings. The summed E-state index contributed by atoms with van der Waals surface area (Å²) in [6.07, 6.45) is 26.7. The Bertz CT molecular complexity index is 366. The summed E-state index contributed by atoms with van der Waals surface area (Å²) in [4.78, 5) is 0. The molecule has 7 heteroatoms. The number of ether oxygens (including phenoxy) is 2. The van der Waals surface area contributed by atoms with Gasteiger partial charge in [-0.3, -0.25) is 0 Å². The number of hydrogen-bond acceptors (Lipinski definition) is 4. The Labute approximate surface area is 227 Å². The first-order valence-corrected chi connectivity index (χ1v) is 14.2. The fourth-order valence-corrected chi connectivity index (χ4v) is 3.69. The third-order valence-corrected chi connectivity index (χ3v) is 5.72. The fourth-order valence-electron chi connectivity index (χ4n) is 3.52. The summed E-state index contributed by atoms with van der Waals surface area (Å²) in [7, 11) is 0. The first-order valence-electron chi connectivity index (χ1n) is 13.4. The van der Waals surface area contributed by atoms with Crippen molar-refractivity contribution in [3.8, 4) is 0 Å². The number of unbranched alkanes of at least 4 members (excludes halogenated alkanes) is 18. The predicted octanol–water partition coefficient (Wildman–Crippen LogP) is 8.33. The van der Waals surface area contributed by atoms with Crippen LogP contribution in [-0.2, 0) is 26.5 Å². The summed E-state index contributed by atoms with van der Waals surface area (Å²) in [5.41, 5.74) is 10.4. The summed E-state index contributed by atoms with van der Waals surface area (Å²) in [5, 5.41) is 0.354. The normalized spacial score (nSPS) is 10.0. The van der Waals surface area contributed by atoms with E-state index in [2.05, 4.69) is 38.3 Å². The summed E-state index contributed by atoms with van der Waals surface area (Å²) >= 11 is 9.24. The maximum atomic E-state index is 5.22. The maximum absolute atomic E-state index is 5.22. The molecular weight excluding hydrogens is 500 g/mol. The Morgan fingerprint density at radius 1 is 0.455 bits per heavy atom. The van der Waals surface area contributed by atoms with E-state index in [0.29, 0.717) is 13.2 Å². The van der Waals surface area contributed by atoms with E-state index in [1.54, 1.807) is 0 Å². The zero-order chi connectivity index (χ0) is 24.1. The van der Waals surface area contributed by atoms with E-state index < -0.39 is 0 Å². The van der Waals surface area contributed by atoms with Gasteiger partial charge in [0.05, 0.1) is 13.2 Å². The molecule has 0 aliphatic heterocycles. The van der Waals surface area contributed by atoms with E-state index in [4.69, 9.17) is 20.9 Å². The molecule has 0 rings (SSSR count). The Kier molecular flexibility index (Phi) is 38.7. The molecule has 0 amide bonds. The van der Waals surface area contributed by atoms with Gasteiger partial charge < -0.3 is 20.9 Å². The summed E-state index contributed by atoms with van der Waals surface area (Å²) in [5.74, 6) is 0. The van der Waals surface area contributed by atoms with Crippen molar-refractivity contribution in [3.05, 3.63) is 0 Å². The third kappa shape index (κ3) is 42.5. The van der Waals surface area contributed by atoms with E-state index in [9.17, 15) is 0 Å². The van der Waals surface area contributed by atoms with Crippen LogP contribution in [0.5, 0.6) is 0 Å². The van der Waals surface area contributed by atoms with Crippen LogP contribution >= 0.6 is 24.4 Å². The second-order valence-electron chi connectivity index (χ2n) is 8.70. The van der Waals surface area contributed by atoms with Gasteiger partial charge in [0.15, 0.2) is 0 Å². The molecule has 1 radical (unpaired) electrons. The smallest absolute Gasteiger partial charge is 0.253 e. The van der Waals surface area contributed by atoms with Gasteiger partial charge in [-0.1, -0.05) is 129 Å². The molecule has 0 aromatic carbocycles. The molecule has 0 saturated heterocycles. The van der Waals surface area contributed by atoms with Crippen LogP contribution in [0.4, 0.5) is 0 Å². The molecule has 33 heavy (non-hydrogen) atoms. The summed E-state index contributed by atoms with van der Waals surface area (Å²) < 4.78 is 10.0. The zero-order valence-corrected chi connectivity index (χ0v) is 24.2. The first kappa shape index (κ1) is 37.4. The van der Waals surface area contributed by atoms with Crippen molar-refractivity contribution in [2.24, 2.45) is 11.5 Å². The quantitative estimate of drug-likeness (QED) is 0.0797. The average molecular weight is 554 g/mol. The molecule has 203 valence electrons. The van der Waals surface area contributed by atoms with Crippen LogP contribution < -0.4 is 11.5 Å². The summed E-state index contributed by atoms with van der Waals surface area (Å²) in [6.45, 7) is 5.89. The van der Waals surface area contributed by atoms with Gasteiger partial charge in [-0.15, -0.1) is 0 Å². The molecule has 0 bridgehead atoms. The SMILES string of the molecule is CCCCCCCCCCCCOC(N)=S.CCCCCCCCCCCCOC(N)=S.[Cu]. The van der Waals surface area contributed by atoms with Crippen molar-refractivity contribution in [2.45, 2.75) is 142 Å². The molecule has 0 spiro atoms. The number of hydrogen-bond donors (Lipinski definition) is 2. The minimum Gasteiger partial charge on any atom is -0.471 e.